The van der Waals surface area contributed by atoms with Crippen LogP contribution in [0.3, 0.4) is 0 Å². The molecule has 10 heteroatoms. The second-order valence-electron chi connectivity index (χ2n) is 7.18. The molecule has 28 heavy (non-hydrogen) atoms. The molecule has 1 saturated carbocycles. The van der Waals surface area contributed by atoms with Crippen LogP contribution in [-0.4, -0.2) is 36.1 Å². The van der Waals surface area contributed by atoms with Gasteiger partial charge in [0.25, 0.3) is 0 Å². The fourth-order valence-corrected chi connectivity index (χ4v) is 5.13. The number of hydrogen-bond acceptors (Lipinski definition) is 7. The minimum absolute atomic E-state index is 0.0548. The van der Waals surface area contributed by atoms with Crippen molar-refractivity contribution in [3.63, 3.8) is 0 Å². The maximum Gasteiger partial charge on any atom is 0.234 e. The van der Waals surface area contributed by atoms with Crippen LogP contribution >= 0.6 is 0 Å². The minimum atomic E-state index is -3.57. The number of ether oxygens (including phenoxy) is 1. The van der Waals surface area contributed by atoms with Crippen molar-refractivity contribution in [2.75, 3.05) is 12.9 Å². The lowest BCUT2D eigenvalue weighted by molar-refractivity contribution is 0.270. The SMILES string of the molecule is COC1=CC(Cn2cccn2)=CN(N)/C1=C(\N)NS(=O)(=O)CC1CCCCC1. The van der Waals surface area contributed by atoms with E-state index >= 15 is 0 Å². The quantitative estimate of drug-likeness (QED) is 0.577. The van der Waals surface area contributed by atoms with Crippen LogP contribution in [0.25, 0.3) is 0 Å². The lowest BCUT2D eigenvalue weighted by Gasteiger charge is -2.27. The summed E-state index contributed by atoms with van der Waals surface area (Å²) in [5, 5.41) is 5.44. The van der Waals surface area contributed by atoms with Crippen LogP contribution in [0, 0.1) is 5.92 Å². The fraction of sp³-hybridized carbons (Fsp3) is 0.500. The fourth-order valence-electron chi connectivity index (χ4n) is 3.66. The van der Waals surface area contributed by atoms with E-state index in [1.165, 1.54) is 18.5 Å². The van der Waals surface area contributed by atoms with Crippen LogP contribution in [0.2, 0.25) is 0 Å². The number of methoxy groups -OCH3 is 1. The number of aromatic nitrogens is 2. The Balaban J connectivity index is 1.75. The van der Waals surface area contributed by atoms with Crippen molar-refractivity contribution in [1.29, 1.82) is 0 Å². The van der Waals surface area contributed by atoms with Gasteiger partial charge in [0.2, 0.25) is 10.0 Å². The summed E-state index contributed by atoms with van der Waals surface area (Å²) in [5.41, 5.74) is 7.19. The summed E-state index contributed by atoms with van der Waals surface area (Å²) in [6, 6.07) is 1.83. The van der Waals surface area contributed by atoms with Gasteiger partial charge in [0, 0.05) is 18.6 Å². The maximum atomic E-state index is 12.6. The standard InChI is InChI=1S/C18H28N6O3S/c1-27-16-10-15(11-23-9-5-8-21-23)12-24(20)17(16)18(19)22-28(25,26)13-14-6-3-2-4-7-14/h5,8-10,12,14,22H,2-4,6-7,11,13,19-20H2,1H3/b18-17+. The van der Waals surface area contributed by atoms with Gasteiger partial charge in [0.15, 0.2) is 0 Å². The third kappa shape index (κ3) is 5.08. The highest BCUT2D eigenvalue weighted by Gasteiger charge is 2.26. The highest BCUT2D eigenvalue weighted by molar-refractivity contribution is 7.89. The molecule has 1 aliphatic carbocycles. The average molecular weight is 409 g/mol. The van der Waals surface area contributed by atoms with Gasteiger partial charge >= 0.3 is 0 Å². The average Bonchev–Trinajstić information content (AvgIpc) is 3.13. The van der Waals surface area contributed by atoms with Gasteiger partial charge < -0.3 is 10.5 Å². The van der Waals surface area contributed by atoms with Gasteiger partial charge in [-0.2, -0.15) is 5.10 Å². The van der Waals surface area contributed by atoms with Gasteiger partial charge in [-0.25, -0.2) is 14.3 Å². The van der Waals surface area contributed by atoms with Crippen molar-refractivity contribution in [1.82, 2.24) is 19.5 Å². The zero-order valence-corrected chi connectivity index (χ0v) is 16.9. The van der Waals surface area contributed by atoms with Gasteiger partial charge in [-0.3, -0.25) is 14.4 Å². The van der Waals surface area contributed by atoms with Gasteiger partial charge in [-0.1, -0.05) is 19.3 Å². The first-order valence-corrected chi connectivity index (χ1v) is 11.0. The van der Waals surface area contributed by atoms with E-state index in [4.69, 9.17) is 16.3 Å². The van der Waals surface area contributed by atoms with Crippen molar-refractivity contribution >= 4 is 10.0 Å². The van der Waals surface area contributed by atoms with E-state index in [0.29, 0.717) is 12.3 Å². The topological polar surface area (TPSA) is 128 Å². The first-order valence-electron chi connectivity index (χ1n) is 9.36. The van der Waals surface area contributed by atoms with Gasteiger partial charge in [0.1, 0.15) is 17.3 Å². The molecule has 0 unspecified atom stereocenters. The molecule has 2 aliphatic rings. The molecule has 1 fully saturated rings. The number of sulfonamides is 1. The monoisotopic (exact) mass is 408 g/mol. The van der Waals surface area contributed by atoms with E-state index in [1.54, 1.807) is 23.2 Å². The molecule has 154 valence electrons. The molecule has 3 rings (SSSR count). The van der Waals surface area contributed by atoms with Crippen molar-refractivity contribution in [2.45, 2.75) is 38.6 Å². The lowest BCUT2D eigenvalue weighted by Crippen LogP contribution is -2.39. The minimum Gasteiger partial charge on any atom is -0.494 e. The molecule has 9 nitrogen and oxygen atoms in total. The Labute approximate surface area is 165 Å². The maximum absolute atomic E-state index is 12.6. The van der Waals surface area contributed by atoms with Gasteiger partial charge in [-0.15, -0.1) is 0 Å². The normalized spacial score (nSPS) is 20.4. The highest BCUT2D eigenvalue weighted by atomic mass is 32.2. The van der Waals surface area contributed by atoms with Crippen molar-refractivity contribution < 1.29 is 13.2 Å². The van der Waals surface area contributed by atoms with Crippen LogP contribution < -0.4 is 16.3 Å². The summed E-state index contributed by atoms with van der Waals surface area (Å²) >= 11 is 0. The van der Waals surface area contributed by atoms with E-state index in [9.17, 15) is 8.42 Å². The van der Waals surface area contributed by atoms with Crippen LogP contribution in [0.1, 0.15) is 32.1 Å². The van der Waals surface area contributed by atoms with E-state index in [-0.39, 0.29) is 23.2 Å². The molecule has 0 atom stereocenters. The Morgan fingerprint density at radius 2 is 2.11 bits per heavy atom. The Hall–Kier alpha value is -2.46. The van der Waals surface area contributed by atoms with Crippen LogP contribution in [0.5, 0.6) is 0 Å². The number of nitrogens with two attached hydrogens (primary N) is 2. The predicted molar refractivity (Wildman–Crippen MR) is 106 cm³/mol. The second-order valence-corrected chi connectivity index (χ2v) is 8.94. The number of nitrogens with one attached hydrogen (secondary N) is 1. The molecule has 0 saturated heterocycles. The third-order valence-electron chi connectivity index (χ3n) is 4.94. The Kier molecular flexibility index (Phi) is 6.30. The molecule has 1 aliphatic heterocycles. The molecule has 0 radical (unpaired) electrons. The molecule has 1 aromatic rings. The van der Waals surface area contributed by atoms with E-state index in [0.717, 1.165) is 31.3 Å². The smallest absolute Gasteiger partial charge is 0.234 e. The number of nitrogens with zero attached hydrogens (tertiary/aromatic N) is 3. The van der Waals surface area contributed by atoms with E-state index in [1.807, 2.05) is 12.3 Å². The molecule has 0 aromatic carbocycles. The van der Waals surface area contributed by atoms with Crippen molar-refractivity contribution in [3.8, 4) is 0 Å². The molecule has 0 spiro atoms. The van der Waals surface area contributed by atoms with Crippen molar-refractivity contribution in [3.05, 3.63) is 53.6 Å². The molecular weight excluding hydrogens is 380 g/mol. The number of allylic oxidation sites excluding steroid dienone is 2. The third-order valence-corrected chi connectivity index (χ3v) is 6.38. The summed E-state index contributed by atoms with van der Waals surface area (Å²) in [6.07, 6.45) is 12.2. The first kappa shape index (κ1) is 20.3. The predicted octanol–water partition coefficient (Wildman–Crippen LogP) is 1.11. The first-order chi connectivity index (χ1) is 13.4. The summed E-state index contributed by atoms with van der Waals surface area (Å²) in [4.78, 5) is 0. The second kappa shape index (κ2) is 8.70. The Morgan fingerprint density at radius 3 is 2.75 bits per heavy atom. The molecule has 0 amide bonds. The zero-order valence-electron chi connectivity index (χ0n) is 16.0. The van der Waals surface area contributed by atoms with Crippen molar-refractivity contribution in [2.24, 2.45) is 17.5 Å². The summed E-state index contributed by atoms with van der Waals surface area (Å²) in [5.74, 6) is 6.66. The molecule has 5 N–H and O–H groups in total. The van der Waals surface area contributed by atoms with Gasteiger partial charge in [0.05, 0.1) is 19.4 Å². The van der Waals surface area contributed by atoms with Crippen LogP contribution in [-0.2, 0) is 21.3 Å². The van der Waals surface area contributed by atoms with Gasteiger partial charge in [-0.05, 0) is 36.5 Å². The largest absolute Gasteiger partial charge is 0.494 e. The number of hydrazine groups is 1. The van der Waals surface area contributed by atoms with Crippen LogP contribution in [0.15, 0.2) is 53.6 Å². The summed E-state index contributed by atoms with van der Waals surface area (Å²) < 4.78 is 34.7. The lowest BCUT2D eigenvalue weighted by atomic mass is 9.91. The molecule has 1 aromatic heterocycles. The zero-order chi connectivity index (χ0) is 20.1. The van der Waals surface area contributed by atoms with Crippen LogP contribution in [0.4, 0.5) is 0 Å². The number of rotatable bonds is 7. The molecule has 0 bridgehead atoms. The Morgan fingerprint density at radius 1 is 1.36 bits per heavy atom. The summed E-state index contributed by atoms with van der Waals surface area (Å²) in [6.45, 7) is 0.494. The Bertz CT molecular complexity index is 867. The molecule has 2 heterocycles. The van der Waals surface area contributed by atoms with E-state index in [2.05, 4.69) is 9.82 Å². The van der Waals surface area contributed by atoms with E-state index < -0.39 is 10.0 Å². The highest BCUT2D eigenvalue weighted by Crippen LogP contribution is 2.26. The summed E-state index contributed by atoms with van der Waals surface area (Å²) in [7, 11) is -2.09. The number of hydrogen-bond donors (Lipinski definition) is 3. The molecular formula is C18H28N6O3S.